The van der Waals surface area contributed by atoms with Gasteiger partial charge < -0.3 is 4.74 Å². The van der Waals surface area contributed by atoms with E-state index in [9.17, 15) is 12.3 Å². The lowest BCUT2D eigenvalue weighted by Gasteiger charge is -2.03. The van der Waals surface area contributed by atoms with E-state index in [2.05, 4.69) is 4.74 Å². The minimum atomic E-state index is -4.36. The molecule has 0 rings (SSSR count). The quantitative estimate of drug-likeness (QED) is 0.553. The number of hydrogen-bond donors (Lipinski definition) is 0. The van der Waals surface area contributed by atoms with E-state index in [1.807, 2.05) is 0 Å². The Morgan fingerprint density at radius 2 is 2.11 bits per heavy atom. The van der Waals surface area contributed by atoms with Crippen molar-refractivity contribution in [2.45, 2.75) is 13.0 Å². The summed E-state index contributed by atoms with van der Waals surface area (Å²) in [6, 6.07) is 0. The average Bonchev–Trinajstić information content (AvgIpc) is 1.62. The molecule has 1 atom stereocenters. The standard InChI is InChI=1S/C4H9FO3S/c1-4(8-2)3-9(5,6)7/h4H,3H2,1-2H3/t4-/m1/s1. The third-order valence-corrected chi connectivity index (χ3v) is 1.70. The SMILES string of the molecule is CO[C@H](C)CS(=O)(=O)F. The molecule has 0 saturated carbocycles. The molecule has 0 aromatic rings. The van der Waals surface area contributed by atoms with Crippen molar-refractivity contribution in [3.8, 4) is 0 Å². The maximum Gasteiger partial charge on any atom is 0.304 e. The Morgan fingerprint density at radius 1 is 1.67 bits per heavy atom. The molecule has 3 nitrogen and oxygen atoms in total. The van der Waals surface area contributed by atoms with Crippen LogP contribution in [0.2, 0.25) is 0 Å². The van der Waals surface area contributed by atoms with Gasteiger partial charge in [-0.3, -0.25) is 0 Å². The largest absolute Gasteiger partial charge is 0.381 e. The van der Waals surface area contributed by atoms with E-state index < -0.39 is 22.1 Å². The summed E-state index contributed by atoms with van der Waals surface area (Å²) in [5.74, 6) is -0.566. The molecule has 0 aromatic heterocycles. The number of halogens is 1. The van der Waals surface area contributed by atoms with Gasteiger partial charge in [0.1, 0.15) is 5.75 Å². The van der Waals surface area contributed by atoms with Gasteiger partial charge in [-0.15, -0.1) is 3.89 Å². The van der Waals surface area contributed by atoms with Crippen LogP contribution in [-0.2, 0) is 15.0 Å². The molecule has 0 bridgehead atoms. The molecule has 0 fully saturated rings. The van der Waals surface area contributed by atoms with E-state index in [0.717, 1.165) is 0 Å². The lowest BCUT2D eigenvalue weighted by Crippen LogP contribution is -2.16. The first-order valence-corrected chi connectivity index (χ1v) is 3.96. The Labute approximate surface area is 54.0 Å². The minimum absolute atomic E-state index is 0.566. The Hall–Kier alpha value is -0.160. The number of methoxy groups -OCH3 is 1. The highest BCUT2D eigenvalue weighted by Crippen LogP contribution is 1.96. The molecule has 0 saturated heterocycles. The first kappa shape index (κ1) is 8.84. The van der Waals surface area contributed by atoms with E-state index in [1.54, 1.807) is 0 Å². The van der Waals surface area contributed by atoms with E-state index in [0.29, 0.717) is 0 Å². The molecule has 0 amide bonds. The predicted molar refractivity (Wildman–Crippen MR) is 31.4 cm³/mol. The van der Waals surface area contributed by atoms with Crippen molar-refractivity contribution in [1.29, 1.82) is 0 Å². The van der Waals surface area contributed by atoms with Crippen molar-refractivity contribution in [3.05, 3.63) is 0 Å². The maximum absolute atomic E-state index is 11.7. The molecule has 0 heterocycles. The highest BCUT2D eigenvalue weighted by atomic mass is 32.3. The summed E-state index contributed by atoms with van der Waals surface area (Å²) in [5, 5.41) is 0. The fourth-order valence-corrected chi connectivity index (χ4v) is 1.05. The zero-order valence-electron chi connectivity index (χ0n) is 5.30. The molecule has 5 heteroatoms. The predicted octanol–water partition coefficient (Wildman–Crippen LogP) is 0.321. The van der Waals surface area contributed by atoms with Gasteiger partial charge in [0.2, 0.25) is 0 Å². The summed E-state index contributed by atoms with van der Waals surface area (Å²) in [6.45, 7) is 1.48. The fourth-order valence-electron chi connectivity index (χ4n) is 0.348. The first-order chi connectivity index (χ1) is 3.95. The summed E-state index contributed by atoms with van der Waals surface area (Å²) in [5.41, 5.74) is 0. The van der Waals surface area contributed by atoms with E-state index in [1.165, 1.54) is 14.0 Å². The van der Waals surface area contributed by atoms with Crippen LogP contribution in [0.1, 0.15) is 6.92 Å². The second kappa shape index (κ2) is 3.12. The Morgan fingerprint density at radius 3 is 2.22 bits per heavy atom. The molecule has 9 heavy (non-hydrogen) atoms. The van der Waals surface area contributed by atoms with Gasteiger partial charge >= 0.3 is 10.2 Å². The van der Waals surface area contributed by atoms with Gasteiger partial charge in [0.05, 0.1) is 6.10 Å². The normalized spacial score (nSPS) is 15.4. The van der Waals surface area contributed by atoms with Crippen LogP contribution < -0.4 is 0 Å². The molecular weight excluding hydrogens is 147 g/mol. The van der Waals surface area contributed by atoms with Crippen molar-refractivity contribution in [2.75, 3.05) is 12.9 Å². The van der Waals surface area contributed by atoms with Crippen molar-refractivity contribution in [3.63, 3.8) is 0 Å². The van der Waals surface area contributed by atoms with Crippen LogP contribution in [0.15, 0.2) is 0 Å². The van der Waals surface area contributed by atoms with Gasteiger partial charge in [0.25, 0.3) is 0 Å². The van der Waals surface area contributed by atoms with Crippen LogP contribution in [0.25, 0.3) is 0 Å². The minimum Gasteiger partial charge on any atom is -0.381 e. The summed E-state index contributed by atoms with van der Waals surface area (Å²) in [6.07, 6.45) is -0.569. The van der Waals surface area contributed by atoms with Crippen LogP contribution in [0.3, 0.4) is 0 Å². The molecule has 0 aliphatic heterocycles. The third-order valence-electron chi connectivity index (χ3n) is 0.836. The lowest BCUT2D eigenvalue weighted by molar-refractivity contribution is 0.135. The average molecular weight is 156 g/mol. The second-order valence-electron chi connectivity index (χ2n) is 1.75. The van der Waals surface area contributed by atoms with Crippen molar-refractivity contribution >= 4 is 10.2 Å². The fraction of sp³-hybridized carbons (Fsp3) is 1.00. The van der Waals surface area contributed by atoms with Crippen LogP contribution in [-0.4, -0.2) is 27.4 Å². The molecule has 0 radical (unpaired) electrons. The van der Waals surface area contributed by atoms with Crippen molar-refractivity contribution < 1.29 is 17.0 Å². The van der Waals surface area contributed by atoms with Gasteiger partial charge in [-0.25, -0.2) is 0 Å². The molecule has 0 aliphatic carbocycles. The Kier molecular flexibility index (Phi) is 3.07. The topological polar surface area (TPSA) is 43.4 Å². The highest BCUT2D eigenvalue weighted by molar-refractivity contribution is 7.86. The zero-order valence-corrected chi connectivity index (χ0v) is 6.11. The zero-order chi connectivity index (χ0) is 7.49. The van der Waals surface area contributed by atoms with Gasteiger partial charge in [-0.2, -0.15) is 8.42 Å². The first-order valence-electron chi connectivity index (χ1n) is 2.41. The molecule has 56 valence electrons. The smallest absolute Gasteiger partial charge is 0.304 e. The number of ether oxygens (including phenoxy) is 1. The van der Waals surface area contributed by atoms with E-state index in [4.69, 9.17) is 0 Å². The van der Waals surface area contributed by atoms with Crippen molar-refractivity contribution in [1.82, 2.24) is 0 Å². The van der Waals surface area contributed by atoms with Crippen LogP contribution in [0.4, 0.5) is 3.89 Å². The summed E-state index contributed by atoms with van der Waals surface area (Å²) >= 11 is 0. The lowest BCUT2D eigenvalue weighted by atomic mass is 10.5. The Bertz CT molecular complexity index is 163. The van der Waals surface area contributed by atoms with Crippen molar-refractivity contribution in [2.24, 2.45) is 0 Å². The number of rotatable bonds is 3. The summed E-state index contributed by atoms with van der Waals surface area (Å²) < 4.78 is 35.9. The molecule has 0 aliphatic rings. The van der Waals surface area contributed by atoms with Crippen LogP contribution in [0.5, 0.6) is 0 Å². The molecule has 0 unspecified atom stereocenters. The monoisotopic (exact) mass is 156 g/mol. The molecule has 0 spiro atoms. The molecule has 0 N–H and O–H groups in total. The van der Waals surface area contributed by atoms with E-state index in [-0.39, 0.29) is 0 Å². The summed E-state index contributed by atoms with van der Waals surface area (Å²) in [7, 11) is -3.03. The highest BCUT2D eigenvalue weighted by Gasteiger charge is 2.12. The van der Waals surface area contributed by atoms with Crippen LogP contribution in [0, 0.1) is 0 Å². The molecule has 0 aromatic carbocycles. The van der Waals surface area contributed by atoms with Gasteiger partial charge in [-0.05, 0) is 6.92 Å². The van der Waals surface area contributed by atoms with Gasteiger partial charge in [0.15, 0.2) is 0 Å². The van der Waals surface area contributed by atoms with Crippen LogP contribution >= 0.6 is 0 Å². The maximum atomic E-state index is 11.7. The molecular formula is C4H9FO3S. The Balaban J connectivity index is 3.75. The third kappa shape index (κ3) is 5.72. The number of hydrogen-bond acceptors (Lipinski definition) is 3. The van der Waals surface area contributed by atoms with Gasteiger partial charge in [-0.1, -0.05) is 0 Å². The second-order valence-corrected chi connectivity index (χ2v) is 3.16. The summed E-state index contributed by atoms with van der Waals surface area (Å²) in [4.78, 5) is 0. The van der Waals surface area contributed by atoms with E-state index >= 15 is 0 Å². The van der Waals surface area contributed by atoms with Gasteiger partial charge in [0, 0.05) is 7.11 Å².